The number of para-hydroxylation sites is 1. The van der Waals surface area contributed by atoms with Crippen LogP contribution in [0.5, 0.6) is 0 Å². The van der Waals surface area contributed by atoms with Gasteiger partial charge in [0.1, 0.15) is 0 Å². The highest BCUT2D eigenvalue weighted by molar-refractivity contribution is 5.97. The summed E-state index contributed by atoms with van der Waals surface area (Å²) in [5, 5.41) is 3.03. The first-order chi connectivity index (χ1) is 10.6. The van der Waals surface area contributed by atoms with Gasteiger partial charge in [0.05, 0.1) is 5.92 Å². The molecule has 1 aliphatic heterocycles. The van der Waals surface area contributed by atoms with Crippen molar-refractivity contribution < 1.29 is 9.59 Å². The summed E-state index contributed by atoms with van der Waals surface area (Å²) in [6.07, 6.45) is 3.74. The van der Waals surface area contributed by atoms with Gasteiger partial charge in [0.25, 0.3) is 0 Å². The van der Waals surface area contributed by atoms with E-state index >= 15 is 0 Å². The minimum absolute atomic E-state index is 0.0247. The van der Waals surface area contributed by atoms with Gasteiger partial charge in [-0.2, -0.15) is 0 Å². The summed E-state index contributed by atoms with van der Waals surface area (Å²) in [5.41, 5.74) is 2.01. The third kappa shape index (κ3) is 2.87. The predicted octanol–water partition coefficient (Wildman–Crippen LogP) is 3.15. The van der Waals surface area contributed by atoms with Gasteiger partial charge in [0.2, 0.25) is 11.8 Å². The van der Waals surface area contributed by atoms with Crippen molar-refractivity contribution in [1.29, 1.82) is 0 Å². The number of likely N-dealkylation sites (tertiary alicyclic amines) is 1. The fraction of sp³-hybridized carbons (Fsp3) is 0.556. The molecule has 0 radical (unpaired) electrons. The Morgan fingerprint density at radius 1 is 1.27 bits per heavy atom. The second-order valence-electron chi connectivity index (χ2n) is 6.76. The van der Waals surface area contributed by atoms with Crippen LogP contribution in [0.25, 0.3) is 0 Å². The van der Waals surface area contributed by atoms with Crippen LogP contribution in [0.15, 0.2) is 24.3 Å². The maximum absolute atomic E-state index is 12.5. The topological polar surface area (TPSA) is 49.4 Å². The standard InChI is InChI=1S/C18H24N2O2/c1-12(2)15-8-3-4-9-16(15)19-18(22)13-10-17(21)20(11-13)14-6-5-7-14/h3-4,8-9,12-14H,5-7,10-11H2,1-2H3,(H,19,22). The summed E-state index contributed by atoms with van der Waals surface area (Å²) in [7, 11) is 0. The van der Waals surface area contributed by atoms with E-state index in [1.807, 2.05) is 29.2 Å². The average Bonchev–Trinajstić information content (AvgIpc) is 2.79. The van der Waals surface area contributed by atoms with Gasteiger partial charge >= 0.3 is 0 Å². The van der Waals surface area contributed by atoms with Gasteiger partial charge in [-0.05, 0) is 36.8 Å². The minimum Gasteiger partial charge on any atom is -0.339 e. The maximum atomic E-state index is 12.5. The number of rotatable bonds is 4. The van der Waals surface area contributed by atoms with Gasteiger partial charge in [-0.15, -0.1) is 0 Å². The van der Waals surface area contributed by atoms with Gasteiger partial charge < -0.3 is 10.2 Å². The average molecular weight is 300 g/mol. The molecule has 1 heterocycles. The molecule has 3 rings (SSSR count). The Labute approximate surface area is 131 Å². The van der Waals surface area contributed by atoms with Crippen molar-refractivity contribution in [1.82, 2.24) is 4.90 Å². The number of anilines is 1. The van der Waals surface area contributed by atoms with Gasteiger partial charge in [-0.1, -0.05) is 32.0 Å². The van der Waals surface area contributed by atoms with E-state index in [9.17, 15) is 9.59 Å². The van der Waals surface area contributed by atoms with E-state index in [4.69, 9.17) is 0 Å². The quantitative estimate of drug-likeness (QED) is 0.928. The Hall–Kier alpha value is -1.84. The van der Waals surface area contributed by atoms with E-state index in [-0.39, 0.29) is 17.7 Å². The Bertz CT molecular complexity index is 578. The molecule has 1 aromatic rings. The van der Waals surface area contributed by atoms with E-state index in [0.717, 1.165) is 24.1 Å². The van der Waals surface area contributed by atoms with Crippen LogP contribution >= 0.6 is 0 Å². The van der Waals surface area contributed by atoms with Gasteiger partial charge in [0.15, 0.2) is 0 Å². The highest BCUT2D eigenvalue weighted by Crippen LogP contribution is 2.31. The lowest BCUT2D eigenvalue weighted by Gasteiger charge is -2.34. The zero-order valence-corrected chi connectivity index (χ0v) is 13.3. The highest BCUT2D eigenvalue weighted by atomic mass is 16.2. The molecule has 4 nitrogen and oxygen atoms in total. The molecule has 2 fully saturated rings. The van der Waals surface area contributed by atoms with E-state index in [0.29, 0.717) is 24.9 Å². The summed E-state index contributed by atoms with van der Waals surface area (Å²) in [4.78, 5) is 26.5. The van der Waals surface area contributed by atoms with Crippen molar-refractivity contribution in [2.45, 2.75) is 51.5 Å². The molecule has 0 aromatic heterocycles. The van der Waals surface area contributed by atoms with Crippen molar-refractivity contribution in [3.05, 3.63) is 29.8 Å². The Morgan fingerprint density at radius 3 is 2.64 bits per heavy atom. The molecule has 2 aliphatic rings. The first-order valence-corrected chi connectivity index (χ1v) is 8.25. The summed E-state index contributed by atoms with van der Waals surface area (Å²) in [5.74, 6) is 0.256. The molecule has 1 saturated heterocycles. The molecule has 1 N–H and O–H groups in total. The van der Waals surface area contributed by atoms with Crippen LogP contribution in [0, 0.1) is 5.92 Å². The molecular formula is C18H24N2O2. The van der Waals surface area contributed by atoms with Crippen LogP contribution in [0.3, 0.4) is 0 Å². The number of hydrogen-bond acceptors (Lipinski definition) is 2. The minimum atomic E-state index is -0.215. The third-order valence-corrected chi connectivity index (χ3v) is 4.89. The molecule has 1 saturated carbocycles. The fourth-order valence-corrected chi connectivity index (χ4v) is 3.31. The lowest BCUT2D eigenvalue weighted by Crippen LogP contribution is -2.41. The first-order valence-electron chi connectivity index (χ1n) is 8.25. The van der Waals surface area contributed by atoms with Crippen LogP contribution < -0.4 is 5.32 Å². The largest absolute Gasteiger partial charge is 0.339 e. The first kappa shape index (κ1) is 15.1. The van der Waals surface area contributed by atoms with Crippen LogP contribution in [-0.4, -0.2) is 29.3 Å². The molecule has 0 bridgehead atoms. The lowest BCUT2D eigenvalue weighted by molar-refractivity contribution is -0.131. The number of nitrogens with zero attached hydrogens (tertiary/aromatic N) is 1. The zero-order valence-electron chi connectivity index (χ0n) is 13.3. The maximum Gasteiger partial charge on any atom is 0.229 e. The number of nitrogens with one attached hydrogen (secondary N) is 1. The van der Waals surface area contributed by atoms with E-state index in [1.165, 1.54) is 6.42 Å². The SMILES string of the molecule is CC(C)c1ccccc1NC(=O)C1CC(=O)N(C2CCC2)C1. The summed E-state index contributed by atoms with van der Waals surface area (Å²) in [6, 6.07) is 8.28. The van der Waals surface area contributed by atoms with E-state index in [2.05, 4.69) is 19.2 Å². The summed E-state index contributed by atoms with van der Waals surface area (Å²) >= 11 is 0. The summed E-state index contributed by atoms with van der Waals surface area (Å²) in [6.45, 7) is 4.81. The van der Waals surface area contributed by atoms with Crippen molar-refractivity contribution in [3.8, 4) is 0 Å². The molecule has 1 aromatic carbocycles. The van der Waals surface area contributed by atoms with E-state index < -0.39 is 0 Å². The van der Waals surface area contributed by atoms with Crippen molar-refractivity contribution in [2.24, 2.45) is 5.92 Å². The Morgan fingerprint density at radius 2 is 2.00 bits per heavy atom. The highest BCUT2D eigenvalue weighted by Gasteiger charge is 2.39. The van der Waals surface area contributed by atoms with Gasteiger partial charge in [0, 0.05) is 24.7 Å². The van der Waals surface area contributed by atoms with Crippen molar-refractivity contribution >= 4 is 17.5 Å². The van der Waals surface area contributed by atoms with Crippen LogP contribution in [-0.2, 0) is 9.59 Å². The fourth-order valence-electron chi connectivity index (χ4n) is 3.31. The Kier molecular flexibility index (Phi) is 4.19. The summed E-state index contributed by atoms with van der Waals surface area (Å²) < 4.78 is 0. The molecule has 118 valence electrons. The van der Waals surface area contributed by atoms with Gasteiger partial charge in [-0.3, -0.25) is 9.59 Å². The van der Waals surface area contributed by atoms with Crippen molar-refractivity contribution in [3.63, 3.8) is 0 Å². The molecule has 0 spiro atoms. The Balaban J connectivity index is 1.67. The van der Waals surface area contributed by atoms with Gasteiger partial charge in [-0.25, -0.2) is 0 Å². The zero-order chi connectivity index (χ0) is 15.7. The number of carbonyl (C=O) groups is 2. The molecule has 22 heavy (non-hydrogen) atoms. The molecule has 1 aliphatic carbocycles. The van der Waals surface area contributed by atoms with Crippen LogP contribution in [0.4, 0.5) is 5.69 Å². The number of carbonyl (C=O) groups excluding carboxylic acids is 2. The molecule has 1 unspecified atom stereocenters. The number of hydrogen-bond donors (Lipinski definition) is 1. The third-order valence-electron chi connectivity index (χ3n) is 4.89. The lowest BCUT2D eigenvalue weighted by atomic mass is 9.92. The number of benzene rings is 1. The second-order valence-corrected chi connectivity index (χ2v) is 6.76. The van der Waals surface area contributed by atoms with Crippen LogP contribution in [0.2, 0.25) is 0 Å². The van der Waals surface area contributed by atoms with E-state index in [1.54, 1.807) is 0 Å². The molecular weight excluding hydrogens is 276 g/mol. The molecule has 4 heteroatoms. The molecule has 2 amide bonds. The normalized spacial score (nSPS) is 22.0. The van der Waals surface area contributed by atoms with Crippen LogP contribution in [0.1, 0.15) is 51.0 Å². The smallest absolute Gasteiger partial charge is 0.229 e. The molecule has 1 atom stereocenters. The predicted molar refractivity (Wildman–Crippen MR) is 86.6 cm³/mol. The monoisotopic (exact) mass is 300 g/mol. The second kappa shape index (κ2) is 6.11. The number of amides is 2. The van der Waals surface area contributed by atoms with Crippen molar-refractivity contribution in [2.75, 3.05) is 11.9 Å².